The van der Waals surface area contributed by atoms with Crippen molar-refractivity contribution in [3.8, 4) is 17.2 Å². The molecular formula is C36H34N4O6S2. The number of para-hydroxylation sites is 1. The Kier molecular flexibility index (Phi) is 11.3. The van der Waals surface area contributed by atoms with Crippen molar-refractivity contribution < 1.29 is 28.6 Å². The van der Waals surface area contributed by atoms with E-state index in [2.05, 4.69) is 20.9 Å². The summed E-state index contributed by atoms with van der Waals surface area (Å²) in [5.41, 5.74) is 2.21. The molecule has 1 aromatic heterocycles. The fourth-order valence-corrected chi connectivity index (χ4v) is 6.62. The summed E-state index contributed by atoms with van der Waals surface area (Å²) in [5, 5.41) is 8.72. The largest absolute Gasteiger partial charge is 0.493 e. The van der Waals surface area contributed by atoms with Crippen LogP contribution in [0.5, 0.6) is 17.2 Å². The summed E-state index contributed by atoms with van der Waals surface area (Å²) in [6, 6.07) is 26.8. The number of nitrogens with one attached hydrogen (secondary N) is 3. The van der Waals surface area contributed by atoms with Crippen LogP contribution >= 0.6 is 23.1 Å². The van der Waals surface area contributed by atoms with Gasteiger partial charge in [0.25, 0.3) is 11.8 Å². The topological polar surface area (TPSA) is 128 Å². The van der Waals surface area contributed by atoms with Gasteiger partial charge in [-0.05, 0) is 72.7 Å². The maximum atomic E-state index is 13.7. The van der Waals surface area contributed by atoms with Crippen molar-refractivity contribution >= 4 is 67.9 Å². The molecule has 0 radical (unpaired) electrons. The third-order valence-corrected chi connectivity index (χ3v) is 9.39. The lowest BCUT2D eigenvalue weighted by Crippen LogP contribution is -2.30. The zero-order valence-electron chi connectivity index (χ0n) is 26.7. The molecule has 0 bridgehead atoms. The second-order valence-corrected chi connectivity index (χ2v) is 12.6. The number of fused-ring (bicyclic) bond motifs is 1. The van der Waals surface area contributed by atoms with Crippen molar-refractivity contribution in [2.45, 2.75) is 23.5 Å². The van der Waals surface area contributed by atoms with Gasteiger partial charge >= 0.3 is 0 Å². The van der Waals surface area contributed by atoms with Gasteiger partial charge in [-0.15, -0.1) is 11.8 Å². The van der Waals surface area contributed by atoms with Crippen LogP contribution < -0.4 is 30.2 Å². The highest BCUT2D eigenvalue weighted by molar-refractivity contribution is 8.00. The highest BCUT2D eigenvalue weighted by atomic mass is 32.2. The Labute approximate surface area is 286 Å². The number of anilines is 2. The minimum absolute atomic E-state index is 0.0159. The molecule has 48 heavy (non-hydrogen) atoms. The first-order valence-corrected chi connectivity index (χ1v) is 16.6. The maximum absolute atomic E-state index is 13.7. The molecule has 1 heterocycles. The van der Waals surface area contributed by atoms with Gasteiger partial charge in [-0.2, -0.15) is 0 Å². The van der Waals surface area contributed by atoms with Gasteiger partial charge in [0.2, 0.25) is 11.7 Å². The van der Waals surface area contributed by atoms with Crippen LogP contribution in [0.25, 0.3) is 16.3 Å². The Bertz CT molecular complexity index is 1900. The quantitative estimate of drug-likeness (QED) is 0.0876. The predicted octanol–water partition coefficient (Wildman–Crippen LogP) is 7.24. The molecule has 12 heteroatoms. The molecule has 1 atom stereocenters. The maximum Gasteiger partial charge on any atom is 0.272 e. The highest BCUT2D eigenvalue weighted by Gasteiger charge is 2.21. The van der Waals surface area contributed by atoms with Crippen LogP contribution in [0.1, 0.15) is 29.3 Å². The van der Waals surface area contributed by atoms with Gasteiger partial charge in [-0.25, -0.2) is 4.98 Å². The Morgan fingerprint density at radius 1 is 0.854 bits per heavy atom. The lowest BCUT2D eigenvalue weighted by Gasteiger charge is -2.16. The summed E-state index contributed by atoms with van der Waals surface area (Å²) in [7, 11) is 4.49. The zero-order chi connectivity index (χ0) is 34.0. The Balaban J connectivity index is 1.36. The second kappa shape index (κ2) is 16.0. The molecule has 10 nitrogen and oxygen atoms in total. The number of hydrogen-bond acceptors (Lipinski definition) is 9. The van der Waals surface area contributed by atoms with E-state index < -0.39 is 17.1 Å². The van der Waals surface area contributed by atoms with Gasteiger partial charge in [0.1, 0.15) is 5.70 Å². The van der Waals surface area contributed by atoms with E-state index in [9.17, 15) is 14.4 Å². The van der Waals surface area contributed by atoms with E-state index in [1.54, 1.807) is 60.7 Å². The molecule has 0 saturated heterocycles. The smallest absolute Gasteiger partial charge is 0.272 e. The van der Waals surface area contributed by atoms with Crippen LogP contribution in [-0.4, -0.2) is 49.3 Å². The van der Waals surface area contributed by atoms with Gasteiger partial charge in [0.15, 0.2) is 16.6 Å². The van der Waals surface area contributed by atoms with E-state index in [-0.39, 0.29) is 11.6 Å². The van der Waals surface area contributed by atoms with E-state index in [4.69, 9.17) is 14.2 Å². The number of benzene rings is 4. The summed E-state index contributed by atoms with van der Waals surface area (Å²) in [4.78, 5) is 45.4. The summed E-state index contributed by atoms with van der Waals surface area (Å²) < 4.78 is 17.4. The van der Waals surface area contributed by atoms with E-state index in [1.807, 2.05) is 37.3 Å². The van der Waals surface area contributed by atoms with Crippen molar-refractivity contribution in [1.82, 2.24) is 10.3 Å². The number of hydrogen-bond donors (Lipinski definition) is 3. The highest BCUT2D eigenvalue weighted by Crippen LogP contribution is 2.39. The first-order chi connectivity index (χ1) is 23.3. The fourth-order valence-electron chi connectivity index (χ4n) is 4.74. The molecular weight excluding hydrogens is 649 g/mol. The number of aromatic nitrogens is 1. The van der Waals surface area contributed by atoms with Crippen LogP contribution in [0.4, 0.5) is 10.8 Å². The number of ether oxygens (including phenoxy) is 3. The molecule has 4 aromatic carbocycles. The first kappa shape index (κ1) is 34.0. The molecule has 0 fully saturated rings. The summed E-state index contributed by atoms with van der Waals surface area (Å²) in [6.45, 7) is 1.94. The number of rotatable bonds is 13. The molecule has 3 amide bonds. The predicted molar refractivity (Wildman–Crippen MR) is 191 cm³/mol. The number of nitrogens with zero attached hydrogens (tertiary/aromatic N) is 1. The van der Waals surface area contributed by atoms with E-state index in [0.717, 1.165) is 15.1 Å². The van der Waals surface area contributed by atoms with Gasteiger partial charge in [-0.1, -0.05) is 54.7 Å². The minimum Gasteiger partial charge on any atom is -0.493 e. The number of carbonyl (C=O) groups is 3. The first-order valence-electron chi connectivity index (χ1n) is 14.9. The monoisotopic (exact) mass is 682 g/mol. The molecule has 0 spiro atoms. The van der Waals surface area contributed by atoms with Crippen LogP contribution in [0.15, 0.2) is 102 Å². The van der Waals surface area contributed by atoms with E-state index in [0.29, 0.717) is 45.6 Å². The SMILES string of the molecule is CCC(Sc1cccc(NC(=O)/C(=C\c2cc(OC)c(OC)c(OC)c2)NC(=O)c2ccccc2)c1)C(=O)Nc1nc2ccccc2s1. The van der Waals surface area contributed by atoms with Crippen molar-refractivity contribution in [2.75, 3.05) is 32.0 Å². The normalized spacial score (nSPS) is 11.8. The molecule has 3 N–H and O–H groups in total. The number of thioether (sulfide) groups is 1. The van der Waals surface area contributed by atoms with Crippen LogP contribution in [0.3, 0.4) is 0 Å². The summed E-state index contributed by atoms with van der Waals surface area (Å²) in [6.07, 6.45) is 2.10. The van der Waals surface area contributed by atoms with Crippen molar-refractivity contribution in [2.24, 2.45) is 0 Å². The standard InChI is InChI=1S/C36H34N4O6S2/c1-5-30(35(43)40-36-39-26-16-9-10-17-31(26)48-36)47-25-15-11-14-24(21-25)37-34(42)27(38-33(41)23-12-7-6-8-13-23)18-22-19-28(44-2)32(46-4)29(20-22)45-3/h6-21,30H,5H2,1-4H3,(H,37,42)(H,38,41)(H,39,40,43)/b27-18+. The molecule has 1 unspecified atom stereocenters. The van der Waals surface area contributed by atoms with Gasteiger partial charge in [0, 0.05) is 16.1 Å². The van der Waals surface area contributed by atoms with Crippen LogP contribution in [0, 0.1) is 0 Å². The van der Waals surface area contributed by atoms with Crippen molar-refractivity contribution in [3.05, 3.63) is 108 Å². The molecule has 0 aliphatic rings. The summed E-state index contributed by atoms with van der Waals surface area (Å²) in [5.74, 6) is -0.00571. The van der Waals surface area contributed by atoms with Crippen LogP contribution in [0.2, 0.25) is 0 Å². The average Bonchev–Trinajstić information content (AvgIpc) is 3.52. The molecule has 0 saturated carbocycles. The van der Waals surface area contributed by atoms with Gasteiger partial charge in [-0.3, -0.25) is 14.4 Å². The van der Waals surface area contributed by atoms with Crippen LogP contribution in [-0.2, 0) is 9.59 Å². The van der Waals surface area contributed by atoms with E-state index >= 15 is 0 Å². The number of carbonyl (C=O) groups excluding carboxylic acids is 3. The fraction of sp³-hybridized carbons (Fsp3) is 0.167. The lowest BCUT2D eigenvalue weighted by atomic mass is 10.1. The number of thiazole rings is 1. The second-order valence-electron chi connectivity index (χ2n) is 10.3. The van der Waals surface area contributed by atoms with Gasteiger partial charge < -0.3 is 30.2 Å². The molecule has 0 aliphatic carbocycles. The van der Waals surface area contributed by atoms with Gasteiger partial charge in [0.05, 0.1) is 36.8 Å². The Morgan fingerprint density at radius 2 is 1.56 bits per heavy atom. The lowest BCUT2D eigenvalue weighted by molar-refractivity contribution is -0.116. The molecule has 5 rings (SSSR count). The minimum atomic E-state index is -0.559. The molecule has 5 aromatic rings. The van der Waals surface area contributed by atoms with Crippen molar-refractivity contribution in [1.29, 1.82) is 0 Å². The molecule has 0 aliphatic heterocycles. The zero-order valence-corrected chi connectivity index (χ0v) is 28.4. The average molecular weight is 683 g/mol. The Hall–Kier alpha value is -5.33. The third kappa shape index (κ3) is 8.33. The number of methoxy groups -OCH3 is 3. The van der Waals surface area contributed by atoms with Crippen molar-refractivity contribution in [3.63, 3.8) is 0 Å². The summed E-state index contributed by atoms with van der Waals surface area (Å²) >= 11 is 2.81. The number of amides is 3. The van der Waals surface area contributed by atoms with E-state index in [1.165, 1.54) is 50.5 Å². The Morgan fingerprint density at radius 3 is 2.23 bits per heavy atom. The third-order valence-electron chi connectivity index (χ3n) is 7.08. The molecule has 246 valence electrons.